The van der Waals surface area contributed by atoms with Gasteiger partial charge in [-0.15, -0.1) is 0 Å². The van der Waals surface area contributed by atoms with Crippen molar-refractivity contribution in [1.82, 2.24) is 15.5 Å². The lowest BCUT2D eigenvalue weighted by Gasteiger charge is -2.22. The monoisotopic (exact) mass is 413 g/mol. The quantitative estimate of drug-likeness (QED) is 0.711. The first-order valence-electron chi connectivity index (χ1n) is 9.46. The minimum atomic E-state index is -1.19. The second-order valence-electron chi connectivity index (χ2n) is 7.63. The van der Waals surface area contributed by atoms with E-state index in [0.717, 1.165) is 16.0 Å². The summed E-state index contributed by atoms with van der Waals surface area (Å²) in [4.78, 5) is 38.6. The zero-order valence-corrected chi connectivity index (χ0v) is 17.4. The number of hydrogen-bond acceptors (Lipinski definition) is 3. The van der Waals surface area contributed by atoms with Crippen LogP contribution in [0.4, 0.5) is 4.79 Å². The third-order valence-corrected chi connectivity index (χ3v) is 5.35. The Kier molecular flexibility index (Phi) is 5.94. The van der Waals surface area contributed by atoms with Crippen molar-refractivity contribution in [1.29, 1.82) is 0 Å². The molecule has 2 aromatic rings. The Balaban J connectivity index is 1.67. The van der Waals surface area contributed by atoms with Gasteiger partial charge in [-0.2, -0.15) is 0 Å². The maximum Gasteiger partial charge on any atom is 0.325 e. The molecule has 1 aliphatic heterocycles. The number of carbonyl (C=O) groups is 3. The van der Waals surface area contributed by atoms with Crippen molar-refractivity contribution in [3.8, 4) is 0 Å². The van der Waals surface area contributed by atoms with Crippen LogP contribution in [0, 0.1) is 0 Å². The molecule has 0 spiro atoms. The van der Waals surface area contributed by atoms with E-state index in [2.05, 4.69) is 24.5 Å². The maximum absolute atomic E-state index is 13.0. The van der Waals surface area contributed by atoms with E-state index in [1.807, 2.05) is 30.3 Å². The van der Waals surface area contributed by atoms with Crippen molar-refractivity contribution >= 4 is 29.4 Å². The molecule has 0 aromatic heterocycles. The van der Waals surface area contributed by atoms with Crippen molar-refractivity contribution in [2.24, 2.45) is 0 Å². The zero-order valence-electron chi connectivity index (χ0n) is 16.7. The summed E-state index contributed by atoms with van der Waals surface area (Å²) < 4.78 is 0. The lowest BCUT2D eigenvalue weighted by Crippen LogP contribution is -2.43. The summed E-state index contributed by atoms with van der Waals surface area (Å²) >= 11 is 5.93. The molecule has 6 nitrogen and oxygen atoms in total. The van der Waals surface area contributed by atoms with Gasteiger partial charge >= 0.3 is 6.03 Å². The Hall–Kier alpha value is -2.86. The van der Waals surface area contributed by atoms with E-state index in [-0.39, 0.29) is 13.1 Å². The van der Waals surface area contributed by atoms with Gasteiger partial charge in [-0.05, 0) is 41.7 Å². The topological polar surface area (TPSA) is 78.5 Å². The highest BCUT2D eigenvalue weighted by Crippen LogP contribution is 2.29. The molecule has 29 heavy (non-hydrogen) atoms. The van der Waals surface area contributed by atoms with E-state index in [9.17, 15) is 14.4 Å². The third kappa shape index (κ3) is 4.43. The van der Waals surface area contributed by atoms with Gasteiger partial charge < -0.3 is 10.6 Å². The van der Waals surface area contributed by atoms with Gasteiger partial charge in [0.2, 0.25) is 5.91 Å². The fourth-order valence-electron chi connectivity index (χ4n) is 3.28. The van der Waals surface area contributed by atoms with E-state index in [1.165, 1.54) is 0 Å². The molecule has 1 saturated heterocycles. The van der Waals surface area contributed by atoms with Crippen molar-refractivity contribution in [2.75, 3.05) is 6.54 Å². The summed E-state index contributed by atoms with van der Waals surface area (Å²) in [6.07, 6.45) is 0. The maximum atomic E-state index is 13.0. The van der Waals surface area contributed by atoms with Crippen LogP contribution in [0.1, 0.15) is 43.4 Å². The average molecular weight is 414 g/mol. The number of benzene rings is 2. The van der Waals surface area contributed by atoms with Gasteiger partial charge in [0, 0.05) is 11.6 Å². The van der Waals surface area contributed by atoms with Crippen molar-refractivity contribution in [3.63, 3.8) is 0 Å². The first kappa shape index (κ1) is 20.9. The highest BCUT2D eigenvalue weighted by atomic mass is 35.5. The summed E-state index contributed by atoms with van der Waals surface area (Å²) in [6, 6.07) is 14.1. The number of nitrogens with one attached hydrogen (secondary N) is 2. The van der Waals surface area contributed by atoms with Crippen LogP contribution in [-0.2, 0) is 21.7 Å². The molecule has 1 atom stereocenters. The van der Waals surface area contributed by atoms with Crippen LogP contribution in [0.3, 0.4) is 0 Å². The summed E-state index contributed by atoms with van der Waals surface area (Å²) in [7, 11) is 0. The number of imide groups is 1. The van der Waals surface area contributed by atoms with Crippen LogP contribution in [0.15, 0.2) is 48.5 Å². The summed E-state index contributed by atoms with van der Waals surface area (Å²) in [5, 5.41) is 6.01. The SMILES string of the molecule is CC(C)c1ccc(C2(C)NC(=O)N(CC(=O)NCc3cccc(Cl)c3)C2=O)cc1. The van der Waals surface area contributed by atoms with Gasteiger partial charge in [0.15, 0.2) is 0 Å². The van der Waals surface area contributed by atoms with E-state index < -0.39 is 23.4 Å². The highest BCUT2D eigenvalue weighted by Gasteiger charge is 2.49. The summed E-state index contributed by atoms with van der Waals surface area (Å²) in [5.74, 6) is -0.504. The first-order valence-corrected chi connectivity index (χ1v) is 9.84. The number of rotatable bonds is 6. The number of halogens is 1. The Morgan fingerprint density at radius 2 is 1.86 bits per heavy atom. The second-order valence-corrected chi connectivity index (χ2v) is 8.07. The number of hydrogen-bond donors (Lipinski definition) is 2. The van der Waals surface area contributed by atoms with Gasteiger partial charge in [-0.3, -0.25) is 14.5 Å². The molecule has 4 amide bonds. The molecular formula is C22H24ClN3O3. The molecule has 1 aliphatic rings. The van der Waals surface area contributed by atoms with Crippen molar-refractivity contribution in [3.05, 3.63) is 70.2 Å². The number of amides is 4. The van der Waals surface area contributed by atoms with Crippen LogP contribution in [0.5, 0.6) is 0 Å². The Bertz CT molecular complexity index is 943. The predicted molar refractivity (Wildman–Crippen MR) is 111 cm³/mol. The first-order chi connectivity index (χ1) is 13.7. The molecule has 2 N–H and O–H groups in total. The summed E-state index contributed by atoms with van der Waals surface area (Å²) in [5.41, 5.74) is 1.46. The van der Waals surface area contributed by atoms with Gasteiger partial charge in [-0.25, -0.2) is 4.79 Å². The lowest BCUT2D eigenvalue weighted by atomic mass is 9.90. The summed E-state index contributed by atoms with van der Waals surface area (Å²) in [6.45, 7) is 5.75. The van der Waals surface area contributed by atoms with Gasteiger partial charge in [0.1, 0.15) is 12.1 Å². The molecule has 0 radical (unpaired) electrons. The van der Waals surface area contributed by atoms with Crippen LogP contribution >= 0.6 is 11.6 Å². The van der Waals surface area contributed by atoms with Crippen molar-refractivity contribution in [2.45, 2.75) is 38.8 Å². The Morgan fingerprint density at radius 3 is 2.48 bits per heavy atom. The van der Waals surface area contributed by atoms with Gasteiger partial charge in [0.05, 0.1) is 0 Å². The molecule has 152 valence electrons. The van der Waals surface area contributed by atoms with Crippen LogP contribution < -0.4 is 10.6 Å². The second kappa shape index (κ2) is 8.25. The molecule has 1 unspecified atom stereocenters. The van der Waals surface area contributed by atoms with Crippen LogP contribution in [0.2, 0.25) is 5.02 Å². The smallest absolute Gasteiger partial charge is 0.325 e. The van der Waals surface area contributed by atoms with E-state index >= 15 is 0 Å². The molecular weight excluding hydrogens is 390 g/mol. The predicted octanol–water partition coefficient (Wildman–Crippen LogP) is 3.55. The molecule has 1 fully saturated rings. The molecule has 0 bridgehead atoms. The largest absolute Gasteiger partial charge is 0.350 e. The Morgan fingerprint density at radius 1 is 1.17 bits per heavy atom. The normalized spacial score (nSPS) is 18.9. The van der Waals surface area contributed by atoms with Gasteiger partial charge in [0.25, 0.3) is 5.91 Å². The molecule has 0 aliphatic carbocycles. The molecule has 2 aromatic carbocycles. The van der Waals surface area contributed by atoms with E-state index in [1.54, 1.807) is 25.1 Å². The lowest BCUT2D eigenvalue weighted by molar-refractivity contribution is -0.134. The number of carbonyl (C=O) groups excluding carboxylic acids is 3. The molecule has 3 rings (SSSR count). The number of urea groups is 1. The molecule has 0 saturated carbocycles. The minimum absolute atomic E-state index is 0.261. The van der Waals surface area contributed by atoms with Crippen LogP contribution in [-0.4, -0.2) is 29.3 Å². The molecule has 7 heteroatoms. The third-order valence-electron chi connectivity index (χ3n) is 5.11. The fraction of sp³-hybridized carbons (Fsp3) is 0.318. The Labute approximate surface area is 175 Å². The number of nitrogens with zero attached hydrogens (tertiary/aromatic N) is 1. The average Bonchev–Trinajstić information content (AvgIpc) is 2.90. The fourth-order valence-corrected chi connectivity index (χ4v) is 3.50. The highest BCUT2D eigenvalue weighted by molar-refractivity contribution is 6.30. The van der Waals surface area contributed by atoms with Crippen molar-refractivity contribution < 1.29 is 14.4 Å². The standard InChI is InChI=1S/C22H24ClN3O3/c1-14(2)16-7-9-17(10-8-16)22(3)20(28)26(21(29)25-22)13-19(27)24-12-15-5-4-6-18(23)11-15/h4-11,14H,12-13H2,1-3H3,(H,24,27)(H,25,29). The van der Waals surface area contributed by atoms with E-state index in [0.29, 0.717) is 16.5 Å². The van der Waals surface area contributed by atoms with Gasteiger partial charge in [-0.1, -0.05) is 61.8 Å². The zero-order chi connectivity index (χ0) is 21.2. The van der Waals surface area contributed by atoms with Crippen LogP contribution in [0.25, 0.3) is 0 Å². The molecule has 1 heterocycles. The van der Waals surface area contributed by atoms with E-state index in [4.69, 9.17) is 11.6 Å². The minimum Gasteiger partial charge on any atom is -0.350 e.